The van der Waals surface area contributed by atoms with E-state index >= 15 is 0 Å². The zero-order chi connectivity index (χ0) is 10.8. The first kappa shape index (κ1) is 10.8. The molecular weight excluding hydrogens is 261 g/mol. The summed E-state index contributed by atoms with van der Waals surface area (Å²) in [6.07, 6.45) is 1.63. The highest BCUT2D eigenvalue weighted by molar-refractivity contribution is 9.10. The van der Waals surface area contributed by atoms with Crippen LogP contribution in [0.1, 0.15) is 6.92 Å². The average molecular weight is 274 g/mol. The van der Waals surface area contributed by atoms with E-state index in [4.69, 9.17) is 0 Å². The number of nitrogens with one attached hydrogen (secondary N) is 1. The van der Waals surface area contributed by atoms with Crippen LogP contribution in [0.5, 0.6) is 0 Å². The van der Waals surface area contributed by atoms with Crippen molar-refractivity contribution in [3.63, 3.8) is 0 Å². The zero-order valence-electron chi connectivity index (χ0n) is 8.50. The van der Waals surface area contributed by atoms with Crippen LogP contribution in [0.25, 0.3) is 0 Å². The second kappa shape index (κ2) is 4.45. The number of pyridine rings is 1. The van der Waals surface area contributed by atoms with Crippen molar-refractivity contribution >= 4 is 21.7 Å². The quantitative estimate of drug-likeness (QED) is 0.846. The van der Waals surface area contributed by atoms with Gasteiger partial charge in [0.2, 0.25) is 0 Å². The van der Waals surface area contributed by atoms with E-state index in [0.29, 0.717) is 16.3 Å². The molecule has 0 amide bonds. The monoisotopic (exact) mass is 273 g/mol. The van der Waals surface area contributed by atoms with Crippen LogP contribution in [0, 0.1) is 5.82 Å². The van der Waals surface area contributed by atoms with Gasteiger partial charge in [-0.1, -0.05) is 0 Å². The molecule has 0 aliphatic carbocycles. The van der Waals surface area contributed by atoms with Gasteiger partial charge in [0.1, 0.15) is 0 Å². The summed E-state index contributed by atoms with van der Waals surface area (Å²) in [5.41, 5.74) is 0. The Morgan fingerprint density at radius 3 is 3.13 bits per heavy atom. The summed E-state index contributed by atoms with van der Waals surface area (Å²) >= 11 is 3.20. The summed E-state index contributed by atoms with van der Waals surface area (Å²) in [6, 6.07) is 1.83. The van der Waals surface area contributed by atoms with Gasteiger partial charge in [0, 0.05) is 36.3 Å². The molecule has 0 aromatic carbocycles. The number of hydrogen-bond acceptors (Lipinski definition) is 3. The van der Waals surface area contributed by atoms with Crippen molar-refractivity contribution in [2.75, 3.05) is 24.5 Å². The molecule has 2 rings (SSSR count). The Hall–Kier alpha value is -0.680. The Bertz CT molecular complexity index is 359. The van der Waals surface area contributed by atoms with E-state index < -0.39 is 0 Å². The van der Waals surface area contributed by atoms with E-state index in [1.54, 1.807) is 6.20 Å². The van der Waals surface area contributed by atoms with Crippen molar-refractivity contribution < 1.29 is 4.39 Å². The number of anilines is 1. The molecule has 1 aromatic heterocycles. The van der Waals surface area contributed by atoms with Gasteiger partial charge in [-0.3, -0.25) is 0 Å². The van der Waals surface area contributed by atoms with Crippen LogP contribution in [0.2, 0.25) is 0 Å². The lowest BCUT2D eigenvalue weighted by Crippen LogP contribution is -2.49. The second-order valence-corrected chi connectivity index (χ2v) is 4.68. The minimum absolute atomic E-state index is 0.265. The molecule has 5 heteroatoms. The third kappa shape index (κ3) is 2.46. The maximum atomic E-state index is 13.6. The van der Waals surface area contributed by atoms with Crippen molar-refractivity contribution in [3.05, 3.63) is 22.6 Å². The standard InChI is InChI=1S/C10H13BrFN3/c1-7-6-15(3-2-13-7)10-9(12)4-8(11)5-14-10/h4-5,7,13H,2-3,6H2,1H3/t7-/m1/s1. The van der Waals surface area contributed by atoms with Crippen LogP contribution < -0.4 is 10.2 Å². The molecule has 1 aliphatic rings. The molecule has 1 aromatic rings. The van der Waals surface area contributed by atoms with Gasteiger partial charge < -0.3 is 10.2 Å². The highest BCUT2D eigenvalue weighted by atomic mass is 79.9. The lowest BCUT2D eigenvalue weighted by atomic mass is 10.2. The fourth-order valence-corrected chi connectivity index (χ4v) is 2.07. The summed E-state index contributed by atoms with van der Waals surface area (Å²) < 4.78 is 14.3. The van der Waals surface area contributed by atoms with Gasteiger partial charge in [-0.15, -0.1) is 0 Å². The normalized spacial score (nSPS) is 21.8. The fourth-order valence-electron chi connectivity index (χ4n) is 1.76. The van der Waals surface area contributed by atoms with E-state index in [1.807, 2.05) is 4.90 Å². The molecule has 0 spiro atoms. The zero-order valence-corrected chi connectivity index (χ0v) is 10.1. The molecule has 0 unspecified atom stereocenters. The number of halogens is 2. The molecule has 1 N–H and O–H groups in total. The van der Waals surface area contributed by atoms with Gasteiger partial charge in [-0.05, 0) is 28.9 Å². The van der Waals surface area contributed by atoms with E-state index in [1.165, 1.54) is 6.07 Å². The number of aromatic nitrogens is 1. The highest BCUT2D eigenvalue weighted by Gasteiger charge is 2.19. The van der Waals surface area contributed by atoms with Crippen LogP contribution in [0.15, 0.2) is 16.7 Å². The molecule has 1 saturated heterocycles. The Morgan fingerprint density at radius 1 is 1.67 bits per heavy atom. The molecule has 1 aliphatic heterocycles. The van der Waals surface area contributed by atoms with E-state index in [2.05, 4.69) is 33.2 Å². The molecule has 0 bridgehead atoms. The van der Waals surface area contributed by atoms with Crippen molar-refractivity contribution in [3.8, 4) is 0 Å². The molecule has 1 atom stereocenters. The molecule has 2 heterocycles. The summed E-state index contributed by atoms with van der Waals surface area (Å²) in [4.78, 5) is 6.09. The Kier molecular flexibility index (Phi) is 3.21. The largest absolute Gasteiger partial charge is 0.351 e. The Labute approximate surface area is 96.8 Å². The molecule has 3 nitrogen and oxygen atoms in total. The minimum Gasteiger partial charge on any atom is -0.351 e. The van der Waals surface area contributed by atoms with Crippen molar-refractivity contribution in [2.24, 2.45) is 0 Å². The van der Waals surface area contributed by atoms with E-state index in [-0.39, 0.29) is 5.82 Å². The molecule has 0 radical (unpaired) electrons. The summed E-state index contributed by atoms with van der Waals surface area (Å²) in [5, 5.41) is 3.31. The highest BCUT2D eigenvalue weighted by Crippen LogP contribution is 2.20. The van der Waals surface area contributed by atoms with Crippen LogP contribution in [-0.4, -0.2) is 30.7 Å². The maximum Gasteiger partial charge on any atom is 0.166 e. The lowest BCUT2D eigenvalue weighted by molar-refractivity contribution is 0.475. The molecule has 82 valence electrons. The first-order chi connectivity index (χ1) is 7.16. The first-order valence-electron chi connectivity index (χ1n) is 4.96. The van der Waals surface area contributed by atoms with Crippen LogP contribution in [0.3, 0.4) is 0 Å². The van der Waals surface area contributed by atoms with E-state index in [0.717, 1.165) is 19.6 Å². The molecule has 0 saturated carbocycles. The predicted octanol–water partition coefficient (Wildman–Crippen LogP) is 1.78. The SMILES string of the molecule is C[C@@H]1CN(c2ncc(Br)cc2F)CCN1. The number of hydrogen-bond donors (Lipinski definition) is 1. The first-order valence-corrected chi connectivity index (χ1v) is 5.75. The predicted molar refractivity (Wildman–Crippen MR) is 61.6 cm³/mol. The van der Waals surface area contributed by atoms with Crippen molar-refractivity contribution in [1.82, 2.24) is 10.3 Å². The number of nitrogens with zero attached hydrogens (tertiary/aromatic N) is 2. The smallest absolute Gasteiger partial charge is 0.166 e. The Balaban J connectivity index is 2.21. The number of piperazine rings is 1. The lowest BCUT2D eigenvalue weighted by Gasteiger charge is -2.32. The fraction of sp³-hybridized carbons (Fsp3) is 0.500. The van der Waals surface area contributed by atoms with Gasteiger partial charge in [0.25, 0.3) is 0 Å². The van der Waals surface area contributed by atoms with Gasteiger partial charge in [-0.2, -0.15) is 0 Å². The van der Waals surface area contributed by atoms with Crippen LogP contribution >= 0.6 is 15.9 Å². The number of rotatable bonds is 1. The minimum atomic E-state index is -0.265. The van der Waals surface area contributed by atoms with Gasteiger partial charge in [0.05, 0.1) is 0 Å². The summed E-state index contributed by atoms with van der Waals surface area (Å²) in [6.45, 7) is 4.56. The maximum absolute atomic E-state index is 13.6. The Morgan fingerprint density at radius 2 is 2.47 bits per heavy atom. The van der Waals surface area contributed by atoms with Crippen molar-refractivity contribution in [2.45, 2.75) is 13.0 Å². The molecule has 1 fully saturated rings. The van der Waals surface area contributed by atoms with E-state index in [9.17, 15) is 4.39 Å². The summed E-state index contributed by atoms with van der Waals surface area (Å²) in [7, 11) is 0. The molecule has 15 heavy (non-hydrogen) atoms. The second-order valence-electron chi connectivity index (χ2n) is 3.76. The van der Waals surface area contributed by atoms with Gasteiger partial charge in [-0.25, -0.2) is 9.37 Å². The topological polar surface area (TPSA) is 28.2 Å². The van der Waals surface area contributed by atoms with Gasteiger partial charge in [0.15, 0.2) is 11.6 Å². The summed E-state index contributed by atoms with van der Waals surface area (Å²) in [5.74, 6) is 0.185. The van der Waals surface area contributed by atoms with Crippen molar-refractivity contribution in [1.29, 1.82) is 0 Å². The third-order valence-electron chi connectivity index (χ3n) is 2.46. The molecular formula is C10H13BrFN3. The average Bonchev–Trinajstić information content (AvgIpc) is 2.17. The van der Waals surface area contributed by atoms with Crippen LogP contribution in [0.4, 0.5) is 10.2 Å². The van der Waals surface area contributed by atoms with Crippen LogP contribution in [-0.2, 0) is 0 Å². The third-order valence-corrected chi connectivity index (χ3v) is 2.89. The van der Waals surface area contributed by atoms with Gasteiger partial charge >= 0.3 is 0 Å².